The van der Waals surface area contributed by atoms with E-state index in [1.54, 1.807) is 6.92 Å². The maximum absolute atomic E-state index is 11.6. The van der Waals surface area contributed by atoms with Crippen molar-refractivity contribution < 1.29 is 19.2 Å². The Bertz CT molecular complexity index is 429. The summed E-state index contributed by atoms with van der Waals surface area (Å²) in [5.41, 5.74) is -0.0405. The molecule has 0 aliphatic heterocycles. The number of nitro groups is 1. The quantitative estimate of drug-likeness (QED) is 0.330. The minimum absolute atomic E-state index is 0.0405. The Kier molecular flexibility index (Phi) is 5.73. The van der Waals surface area contributed by atoms with Crippen molar-refractivity contribution in [1.29, 1.82) is 0 Å². The third-order valence-corrected chi connectivity index (χ3v) is 3.18. The normalized spacial score (nSPS) is 10.3. The van der Waals surface area contributed by atoms with E-state index in [0.717, 1.165) is 11.3 Å². The average molecular weight is 273 g/mol. The molecule has 6 nitrogen and oxygen atoms in total. The molecule has 1 aromatic rings. The van der Waals surface area contributed by atoms with Crippen LogP contribution in [0, 0.1) is 17.0 Å². The van der Waals surface area contributed by atoms with Crippen molar-refractivity contribution in [3.05, 3.63) is 25.9 Å². The number of rotatable bonds is 7. The fourth-order valence-corrected chi connectivity index (χ4v) is 2.18. The molecule has 7 heteroatoms. The van der Waals surface area contributed by atoms with Crippen LogP contribution in [0.25, 0.3) is 0 Å². The van der Waals surface area contributed by atoms with Crippen molar-refractivity contribution in [3.8, 4) is 0 Å². The number of thiophene rings is 1. The lowest BCUT2D eigenvalue weighted by Crippen LogP contribution is -2.07. The molecule has 1 aromatic heterocycles. The number of aryl methyl sites for hydroxylation is 1. The first-order valence-corrected chi connectivity index (χ1v) is 6.37. The number of esters is 1. The maximum atomic E-state index is 11.6. The second-order valence-corrected chi connectivity index (χ2v) is 4.75. The van der Waals surface area contributed by atoms with Crippen LogP contribution < -0.4 is 0 Å². The molecule has 0 saturated carbocycles. The molecule has 0 spiro atoms. The molecule has 0 saturated heterocycles. The maximum Gasteiger partial charge on any atom is 0.348 e. The van der Waals surface area contributed by atoms with Crippen LogP contribution in [-0.2, 0) is 9.47 Å². The second kappa shape index (κ2) is 7.07. The van der Waals surface area contributed by atoms with Gasteiger partial charge in [-0.3, -0.25) is 10.1 Å². The highest BCUT2D eigenvalue weighted by atomic mass is 32.1. The van der Waals surface area contributed by atoms with Gasteiger partial charge in [0.05, 0.1) is 16.4 Å². The zero-order valence-electron chi connectivity index (χ0n) is 10.3. The Morgan fingerprint density at radius 1 is 1.50 bits per heavy atom. The van der Waals surface area contributed by atoms with Crippen LogP contribution in [0.5, 0.6) is 0 Å². The molecule has 0 fully saturated rings. The molecular formula is C11H15NO5S. The van der Waals surface area contributed by atoms with E-state index in [0.29, 0.717) is 24.5 Å². The van der Waals surface area contributed by atoms with Gasteiger partial charge in [0, 0.05) is 25.7 Å². The third-order valence-electron chi connectivity index (χ3n) is 2.16. The van der Waals surface area contributed by atoms with Gasteiger partial charge < -0.3 is 9.47 Å². The Morgan fingerprint density at radius 2 is 2.22 bits per heavy atom. The number of carbonyl (C=O) groups excluding carboxylic acids is 1. The number of hydrogen-bond donors (Lipinski definition) is 0. The highest BCUT2D eigenvalue weighted by Gasteiger charge is 2.20. The molecule has 1 rings (SSSR count). The highest BCUT2D eigenvalue weighted by molar-refractivity contribution is 7.14. The predicted molar refractivity (Wildman–Crippen MR) is 67.1 cm³/mol. The van der Waals surface area contributed by atoms with Gasteiger partial charge in [0.1, 0.15) is 4.88 Å². The summed E-state index contributed by atoms with van der Waals surface area (Å²) in [7, 11) is 0. The summed E-state index contributed by atoms with van der Waals surface area (Å²) < 4.78 is 10.1. The van der Waals surface area contributed by atoms with Crippen molar-refractivity contribution in [3.63, 3.8) is 0 Å². The van der Waals surface area contributed by atoms with E-state index in [4.69, 9.17) is 9.47 Å². The summed E-state index contributed by atoms with van der Waals surface area (Å²) in [5.74, 6) is -0.521. The van der Waals surface area contributed by atoms with Crippen molar-refractivity contribution >= 4 is 23.0 Å². The van der Waals surface area contributed by atoms with E-state index in [9.17, 15) is 14.9 Å². The molecule has 0 atom stereocenters. The molecule has 0 aromatic carbocycles. The van der Waals surface area contributed by atoms with Crippen LogP contribution in [0.3, 0.4) is 0 Å². The summed E-state index contributed by atoms with van der Waals surface area (Å²) in [4.78, 5) is 22.5. The minimum atomic E-state index is -0.521. The van der Waals surface area contributed by atoms with Gasteiger partial charge in [-0.15, -0.1) is 11.3 Å². The number of ether oxygens (including phenoxy) is 2. The number of nitrogens with zero attached hydrogens (tertiary/aromatic N) is 1. The topological polar surface area (TPSA) is 78.7 Å². The SMILES string of the molecule is CCOCCCOC(=O)c1cc([N+](=O)[O-])c(C)s1. The largest absolute Gasteiger partial charge is 0.461 e. The van der Waals surface area contributed by atoms with E-state index < -0.39 is 10.9 Å². The van der Waals surface area contributed by atoms with Crippen LogP contribution in [0.2, 0.25) is 0 Å². The zero-order chi connectivity index (χ0) is 13.5. The van der Waals surface area contributed by atoms with Crippen molar-refractivity contribution in [2.75, 3.05) is 19.8 Å². The molecule has 18 heavy (non-hydrogen) atoms. The van der Waals surface area contributed by atoms with Gasteiger partial charge in [0.15, 0.2) is 0 Å². The Morgan fingerprint density at radius 3 is 2.78 bits per heavy atom. The molecule has 0 radical (unpaired) electrons. The fraction of sp³-hybridized carbons (Fsp3) is 0.545. The van der Waals surface area contributed by atoms with Gasteiger partial charge in [-0.2, -0.15) is 0 Å². The van der Waals surface area contributed by atoms with Crippen LogP contribution in [-0.4, -0.2) is 30.7 Å². The lowest BCUT2D eigenvalue weighted by molar-refractivity contribution is -0.385. The van der Waals surface area contributed by atoms with E-state index in [1.165, 1.54) is 6.07 Å². The highest BCUT2D eigenvalue weighted by Crippen LogP contribution is 2.28. The summed E-state index contributed by atoms with van der Waals surface area (Å²) in [6.45, 7) is 4.91. The van der Waals surface area contributed by atoms with Crippen LogP contribution in [0.1, 0.15) is 27.9 Å². The summed E-state index contributed by atoms with van der Waals surface area (Å²) in [6, 6.07) is 1.25. The van der Waals surface area contributed by atoms with Gasteiger partial charge >= 0.3 is 5.97 Å². The van der Waals surface area contributed by atoms with E-state index in [-0.39, 0.29) is 17.2 Å². The van der Waals surface area contributed by atoms with Gasteiger partial charge in [0.2, 0.25) is 0 Å². The molecule has 100 valence electrons. The third kappa shape index (κ3) is 4.08. The smallest absolute Gasteiger partial charge is 0.348 e. The first-order chi connectivity index (χ1) is 8.56. The molecule has 0 amide bonds. The Labute approximate surface area is 109 Å². The van der Waals surface area contributed by atoms with Crippen molar-refractivity contribution in [2.24, 2.45) is 0 Å². The molecular weight excluding hydrogens is 258 g/mol. The molecule has 0 unspecified atom stereocenters. The second-order valence-electron chi connectivity index (χ2n) is 3.50. The number of hydrogen-bond acceptors (Lipinski definition) is 6. The van der Waals surface area contributed by atoms with Gasteiger partial charge in [0.25, 0.3) is 5.69 Å². The summed E-state index contributed by atoms with van der Waals surface area (Å²) >= 11 is 1.07. The average Bonchev–Trinajstić information content (AvgIpc) is 2.71. The fourth-order valence-electron chi connectivity index (χ4n) is 1.30. The van der Waals surface area contributed by atoms with E-state index >= 15 is 0 Å². The summed E-state index contributed by atoms with van der Waals surface area (Å²) in [5, 5.41) is 10.6. The molecule has 0 N–H and O–H groups in total. The Hall–Kier alpha value is -1.47. The van der Waals surface area contributed by atoms with Gasteiger partial charge in [-0.25, -0.2) is 4.79 Å². The van der Waals surface area contributed by atoms with Crippen LogP contribution in [0.15, 0.2) is 6.07 Å². The molecule has 0 aliphatic rings. The standard InChI is InChI=1S/C11H15NO5S/c1-3-16-5-4-6-17-11(13)10-7-9(12(14)15)8(2)18-10/h7H,3-6H2,1-2H3. The zero-order valence-corrected chi connectivity index (χ0v) is 11.1. The first-order valence-electron chi connectivity index (χ1n) is 5.56. The lowest BCUT2D eigenvalue weighted by atomic mass is 10.4. The minimum Gasteiger partial charge on any atom is -0.461 e. The summed E-state index contributed by atoms with van der Waals surface area (Å²) in [6.07, 6.45) is 0.617. The van der Waals surface area contributed by atoms with Crippen LogP contribution in [0.4, 0.5) is 5.69 Å². The van der Waals surface area contributed by atoms with Crippen molar-refractivity contribution in [1.82, 2.24) is 0 Å². The van der Waals surface area contributed by atoms with Crippen LogP contribution >= 0.6 is 11.3 Å². The van der Waals surface area contributed by atoms with Crippen molar-refractivity contribution in [2.45, 2.75) is 20.3 Å². The first kappa shape index (κ1) is 14.6. The van der Waals surface area contributed by atoms with E-state index in [1.807, 2.05) is 6.92 Å². The monoisotopic (exact) mass is 273 g/mol. The van der Waals surface area contributed by atoms with Gasteiger partial charge in [-0.1, -0.05) is 0 Å². The molecule has 1 heterocycles. The molecule has 0 aliphatic carbocycles. The molecule has 0 bridgehead atoms. The Balaban J connectivity index is 2.47. The predicted octanol–water partition coefficient (Wildman–Crippen LogP) is 2.55. The van der Waals surface area contributed by atoms with E-state index in [2.05, 4.69) is 0 Å². The lowest BCUT2D eigenvalue weighted by Gasteiger charge is -2.02. The van der Waals surface area contributed by atoms with Gasteiger partial charge in [-0.05, 0) is 13.8 Å². The number of carbonyl (C=O) groups is 1.